The van der Waals surface area contributed by atoms with Crippen LogP contribution in [0.2, 0.25) is 0 Å². The van der Waals surface area contributed by atoms with Crippen LogP contribution in [-0.4, -0.2) is 16.8 Å². The van der Waals surface area contributed by atoms with Crippen LogP contribution in [0.3, 0.4) is 0 Å². The standard InChI is InChI=1S/C24H22N2O3/c1-24(2)12-20-23(21(28)13-24)19(16-5-9-18(27)10-6-16)11-22(29)26(20)17-7-3-15(14-25)4-8-17/h3-10,19,27H,11-13H2,1-2H3. The van der Waals surface area contributed by atoms with E-state index in [1.165, 1.54) is 0 Å². The van der Waals surface area contributed by atoms with Crippen LogP contribution >= 0.6 is 0 Å². The first-order valence-corrected chi connectivity index (χ1v) is 9.67. The summed E-state index contributed by atoms with van der Waals surface area (Å²) >= 11 is 0. The van der Waals surface area contributed by atoms with E-state index in [0.29, 0.717) is 29.7 Å². The molecule has 4 rings (SSSR count). The summed E-state index contributed by atoms with van der Waals surface area (Å²) in [5, 5.41) is 18.7. The summed E-state index contributed by atoms with van der Waals surface area (Å²) in [5.41, 5.74) is 3.27. The first-order chi connectivity index (χ1) is 13.8. The van der Waals surface area contributed by atoms with E-state index in [9.17, 15) is 14.7 Å². The second-order valence-electron chi connectivity index (χ2n) is 8.54. The van der Waals surface area contributed by atoms with Gasteiger partial charge in [-0.1, -0.05) is 26.0 Å². The summed E-state index contributed by atoms with van der Waals surface area (Å²) in [6, 6.07) is 15.7. The molecule has 5 heteroatoms. The van der Waals surface area contributed by atoms with Gasteiger partial charge in [-0.3, -0.25) is 14.5 Å². The lowest BCUT2D eigenvalue weighted by atomic mass is 9.69. The van der Waals surface area contributed by atoms with Crippen molar-refractivity contribution in [3.8, 4) is 11.8 Å². The van der Waals surface area contributed by atoms with Gasteiger partial charge in [-0.25, -0.2) is 0 Å². The fourth-order valence-corrected chi connectivity index (χ4v) is 4.39. The number of carbonyl (C=O) groups excluding carboxylic acids is 2. The van der Waals surface area contributed by atoms with Gasteiger partial charge in [-0.2, -0.15) is 5.26 Å². The fraction of sp³-hybridized carbons (Fsp3) is 0.292. The average molecular weight is 386 g/mol. The molecule has 1 amide bonds. The number of phenols is 1. The topological polar surface area (TPSA) is 81.4 Å². The summed E-state index contributed by atoms with van der Waals surface area (Å²) in [7, 11) is 0. The first kappa shape index (κ1) is 18.9. The van der Waals surface area contributed by atoms with Crippen molar-refractivity contribution in [2.24, 2.45) is 5.41 Å². The van der Waals surface area contributed by atoms with Crippen molar-refractivity contribution < 1.29 is 14.7 Å². The normalized spacial score (nSPS) is 21.0. The van der Waals surface area contributed by atoms with Crippen LogP contribution in [0.25, 0.3) is 0 Å². The number of allylic oxidation sites excluding steroid dienone is 2. The highest BCUT2D eigenvalue weighted by Crippen LogP contribution is 2.48. The average Bonchev–Trinajstić information content (AvgIpc) is 2.67. The zero-order valence-electron chi connectivity index (χ0n) is 16.5. The van der Waals surface area contributed by atoms with Crippen LogP contribution in [0.4, 0.5) is 5.69 Å². The predicted octanol–water partition coefficient (Wildman–Crippen LogP) is 4.43. The van der Waals surface area contributed by atoms with E-state index in [1.54, 1.807) is 53.4 Å². The van der Waals surface area contributed by atoms with Gasteiger partial charge < -0.3 is 5.11 Å². The third kappa shape index (κ3) is 3.42. The van der Waals surface area contributed by atoms with E-state index in [4.69, 9.17) is 5.26 Å². The molecule has 0 radical (unpaired) electrons. The molecule has 1 aliphatic carbocycles. The van der Waals surface area contributed by atoms with E-state index < -0.39 is 0 Å². The summed E-state index contributed by atoms with van der Waals surface area (Å²) < 4.78 is 0. The van der Waals surface area contributed by atoms with Crippen molar-refractivity contribution in [1.82, 2.24) is 0 Å². The van der Waals surface area contributed by atoms with Gasteiger partial charge in [0, 0.05) is 35.7 Å². The van der Waals surface area contributed by atoms with Crippen LogP contribution in [0.1, 0.15) is 50.2 Å². The highest BCUT2D eigenvalue weighted by molar-refractivity contribution is 6.07. The van der Waals surface area contributed by atoms with Gasteiger partial charge in [0.2, 0.25) is 5.91 Å². The maximum Gasteiger partial charge on any atom is 0.232 e. The van der Waals surface area contributed by atoms with Gasteiger partial charge >= 0.3 is 0 Å². The second kappa shape index (κ2) is 6.89. The number of Topliss-reactive ketones (excluding diaryl/α,β-unsaturated/α-hetero) is 1. The van der Waals surface area contributed by atoms with Crippen LogP contribution in [0.5, 0.6) is 5.75 Å². The van der Waals surface area contributed by atoms with Crippen molar-refractivity contribution in [3.05, 3.63) is 70.9 Å². The number of anilines is 1. The Balaban J connectivity index is 1.87. The predicted molar refractivity (Wildman–Crippen MR) is 109 cm³/mol. The second-order valence-corrected chi connectivity index (χ2v) is 8.54. The maximum absolute atomic E-state index is 13.2. The van der Waals surface area contributed by atoms with Crippen molar-refractivity contribution in [2.75, 3.05) is 4.90 Å². The summed E-state index contributed by atoms with van der Waals surface area (Å²) in [6.45, 7) is 4.08. The fourth-order valence-electron chi connectivity index (χ4n) is 4.39. The Bertz CT molecular complexity index is 1060. The number of nitrogens with zero attached hydrogens (tertiary/aromatic N) is 2. The Morgan fingerprint density at radius 2 is 1.69 bits per heavy atom. The summed E-state index contributed by atoms with van der Waals surface area (Å²) in [6.07, 6.45) is 1.25. The molecule has 0 aromatic heterocycles. The molecule has 0 fully saturated rings. The molecular weight excluding hydrogens is 364 g/mol. The van der Waals surface area contributed by atoms with Gasteiger partial charge in [0.1, 0.15) is 5.75 Å². The lowest BCUT2D eigenvalue weighted by molar-refractivity contribution is -0.121. The molecule has 1 atom stereocenters. The molecule has 1 N–H and O–H groups in total. The number of nitriles is 1. The van der Waals surface area contributed by atoms with Crippen LogP contribution in [0, 0.1) is 16.7 Å². The number of amides is 1. The molecule has 29 heavy (non-hydrogen) atoms. The molecule has 2 aromatic carbocycles. The van der Waals surface area contributed by atoms with Gasteiger partial charge in [0.15, 0.2) is 5.78 Å². The quantitative estimate of drug-likeness (QED) is 0.828. The Kier molecular flexibility index (Phi) is 4.50. The minimum Gasteiger partial charge on any atom is -0.508 e. The molecule has 0 bridgehead atoms. The summed E-state index contributed by atoms with van der Waals surface area (Å²) in [4.78, 5) is 28.1. The molecule has 0 spiro atoms. The summed E-state index contributed by atoms with van der Waals surface area (Å²) in [5.74, 6) is -0.158. The largest absolute Gasteiger partial charge is 0.508 e. The molecule has 0 saturated heterocycles. The molecule has 5 nitrogen and oxygen atoms in total. The third-order valence-corrected chi connectivity index (χ3v) is 5.69. The van der Waals surface area contributed by atoms with Crippen molar-refractivity contribution in [2.45, 2.75) is 39.0 Å². The van der Waals surface area contributed by atoms with Gasteiger partial charge in [-0.05, 0) is 53.8 Å². The van der Waals surface area contributed by atoms with Crippen molar-refractivity contribution in [1.29, 1.82) is 5.26 Å². The van der Waals surface area contributed by atoms with E-state index in [0.717, 1.165) is 11.3 Å². The van der Waals surface area contributed by atoms with Gasteiger partial charge in [0.25, 0.3) is 0 Å². The Labute approximate surface area is 169 Å². The minimum atomic E-state index is -0.309. The smallest absolute Gasteiger partial charge is 0.232 e. The number of rotatable bonds is 2. The lowest BCUT2D eigenvalue weighted by Crippen LogP contribution is -2.43. The zero-order valence-corrected chi connectivity index (χ0v) is 16.5. The Morgan fingerprint density at radius 3 is 2.31 bits per heavy atom. The Hall–Kier alpha value is -3.39. The van der Waals surface area contributed by atoms with Crippen molar-refractivity contribution >= 4 is 17.4 Å². The number of benzene rings is 2. The number of aromatic hydroxyl groups is 1. The van der Waals surface area contributed by atoms with E-state index in [2.05, 4.69) is 6.07 Å². The monoisotopic (exact) mass is 386 g/mol. The highest BCUT2D eigenvalue weighted by atomic mass is 16.3. The zero-order chi connectivity index (χ0) is 20.8. The molecule has 1 heterocycles. The molecule has 1 unspecified atom stereocenters. The minimum absolute atomic E-state index is 0.0699. The highest BCUT2D eigenvalue weighted by Gasteiger charge is 2.44. The molecular formula is C24H22N2O3. The van der Waals surface area contributed by atoms with E-state index in [-0.39, 0.29) is 35.2 Å². The molecule has 2 aliphatic rings. The molecule has 1 aliphatic heterocycles. The van der Waals surface area contributed by atoms with E-state index in [1.807, 2.05) is 13.8 Å². The number of ketones is 1. The Morgan fingerprint density at radius 1 is 1.03 bits per heavy atom. The van der Waals surface area contributed by atoms with Crippen LogP contribution < -0.4 is 4.90 Å². The third-order valence-electron chi connectivity index (χ3n) is 5.69. The van der Waals surface area contributed by atoms with E-state index >= 15 is 0 Å². The lowest BCUT2D eigenvalue weighted by Gasteiger charge is -2.43. The number of phenolic OH excluding ortho intramolecular Hbond substituents is 1. The van der Waals surface area contributed by atoms with Crippen LogP contribution in [0.15, 0.2) is 59.8 Å². The first-order valence-electron chi connectivity index (χ1n) is 9.67. The van der Waals surface area contributed by atoms with Gasteiger partial charge in [-0.15, -0.1) is 0 Å². The SMILES string of the molecule is CC1(C)CC(=O)C2=C(C1)N(c1ccc(C#N)cc1)C(=O)CC2c1ccc(O)cc1. The van der Waals surface area contributed by atoms with Crippen LogP contribution in [-0.2, 0) is 9.59 Å². The molecule has 146 valence electrons. The maximum atomic E-state index is 13.2. The van der Waals surface area contributed by atoms with Gasteiger partial charge in [0.05, 0.1) is 11.6 Å². The molecule has 0 saturated carbocycles. The molecule has 2 aromatic rings. The number of hydrogen-bond acceptors (Lipinski definition) is 4. The number of carbonyl (C=O) groups is 2. The van der Waals surface area contributed by atoms with Crippen molar-refractivity contribution in [3.63, 3.8) is 0 Å². The number of hydrogen-bond donors (Lipinski definition) is 1.